The molecule has 0 radical (unpaired) electrons. The van der Waals surface area contributed by atoms with Crippen LogP contribution >= 0.6 is 15.9 Å². The van der Waals surface area contributed by atoms with Crippen molar-refractivity contribution < 1.29 is 14.5 Å². The zero-order valence-corrected chi connectivity index (χ0v) is 12.6. The van der Waals surface area contributed by atoms with E-state index in [1.165, 1.54) is 25.3 Å². The lowest BCUT2D eigenvalue weighted by molar-refractivity contribution is -0.384. The number of non-ortho nitro benzene ring substituents is 1. The third-order valence-electron chi connectivity index (χ3n) is 2.74. The standard InChI is InChI=1S/C14H11BrN2O4/c1-21-11-4-2-3-9(7-11)14(18)16-13-8-10(17(19)20)5-6-12(13)15/h2-8H,1H3,(H,16,18). The van der Waals surface area contributed by atoms with Crippen molar-refractivity contribution >= 4 is 33.2 Å². The summed E-state index contributed by atoms with van der Waals surface area (Å²) < 4.78 is 5.61. The highest BCUT2D eigenvalue weighted by atomic mass is 79.9. The molecule has 0 spiro atoms. The molecule has 0 fully saturated rings. The minimum atomic E-state index is -0.520. The number of halogens is 1. The van der Waals surface area contributed by atoms with E-state index in [9.17, 15) is 14.9 Å². The van der Waals surface area contributed by atoms with Crippen LogP contribution in [0.5, 0.6) is 5.75 Å². The Kier molecular flexibility index (Phi) is 4.54. The van der Waals surface area contributed by atoms with Crippen LogP contribution in [0, 0.1) is 10.1 Å². The number of nitrogens with zero attached hydrogens (tertiary/aromatic N) is 1. The van der Waals surface area contributed by atoms with Crippen molar-refractivity contribution in [3.8, 4) is 5.75 Å². The van der Waals surface area contributed by atoms with Crippen LogP contribution < -0.4 is 10.1 Å². The number of ether oxygens (including phenoxy) is 1. The Labute approximate surface area is 129 Å². The number of benzene rings is 2. The van der Waals surface area contributed by atoms with Gasteiger partial charge in [-0.05, 0) is 40.2 Å². The second-order valence-electron chi connectivity index (χ2n) is 4.11. The highest BCUT2D eigenvalue weighted by Gasteiger charge is 2.13. The maximum Gasteiger partial charge on any atom is 0.271 e. The quantitative estimate of drug-likeness (QED) is 0.674. The molecule has 21 heavy (non-hydrogen) atoms. The van der Waals surface area contributed by atoms with Gasteiger partial charge in [-0.2, -0.15) is 0 Å². The lowest BCUT2D eigenvalue weighted by Gasteiger charge is -2.08. The number of hydrogen-bond acceptors (Lipinski definition) is 4. The molecule has 2 aromatic carbocycles. The number of anilines is 1. The summed E-state index contributed by atoms with van der Waals surface area (Å²) in [6, 6.07) is 10.8. The molecule has 108 valence electrons. The molecule has 1 amide bonds. The number of rotatable bonds is 4. The zero-order valence-electron chi connectivity index (χ0n) is 11.0. The molecule has 0 bridgehead atoms. The van der Waals surface area contributed by atoms with Crippen LogP contribution in [0.3, 0.4) is 0 Å². The Bertz CT molecular complexity index is 703. The Hall–Kier alpha value is -2.41. The molecule has 0 aromatic heterocycles. The number of methoxy groups -OCH3 is 1. The molecule has 2 rings (SSSR count). The number of hydrogen-bond donors (Lipinski definition) is 1. The van der Waals surface area contributed by atoms with Gasteiger partial charge in [0.15, 0.2) is 0 Å². The van der Waals surface area contributed by atoms with Gasteiger partial charge < -0.3 is 10.1 Å². The summed E-state index contributed by atoms with van der Waals surface area (Å²) in [5.41, 5.74) is 0.629. The summed E-state index contributed by atoms with van der Waals surface area (Å²) in [4.78, 5) is 22.4. The van der Waals surface area contributed by atoms with Gasteiger partial charge in [-0.1, -0.05) is 6.07 Å². The van der Waals surface area contributed by atoms with Crippen LogP contribution in [0.15, 0.2) is 46.9 Å². The molecule has 0 aliphatic carbocycles. The second-order valence-corrected chi connectivity index (χ2v) is 4.96. The van der Waals surface area contributed by atoms with Crippen molar-refractivity contribution in [3.63, 3.8) is 0 Å². The highest BCUT2D eigenvalue weighted by molar-refractivity contribution is 9.10. The first-order valence-electron chi connectivity index (χ1n) is 5.90. The van der Waals surface area contributed by atoms with Crippen molar-refractivity contribution in [2.75, 3.05) is 12.4 Å². The van der Waals surface area contributed by atoms with Crippen LogP contribution in [0.1, 0.15) is 10.4 Å². The molecule has 6 nitrogen and oxygen atoms in total. The minimum absolute atomic E-state index is 0.0980. The van der Waals surface area contributed by atoms with E-state index in [1.807, 2.05) is 0 Å². The van der Waals surface area contributed by atoms with Crippen LogP contribution in [0.4, 0.5) is 11.4 Å². The fraction of sp³-hybridized carbons (Fsp3) is 0.0714. The molecule has 1 N–H and O–H groups in total. The predicted octanol–water partition coefficient (Wildman–Crippen LogP) is 3.62. The average Bonchev–Trinajstić information content (AvgIpc) is 2.49. The van der Waals surface area contributed by atoms with Gasteiger partial charge in [0, 0.05) is 22.2 Å². The average molecular weight is 351 g/mol. The SMILES string of the molecule is COc1cccc(C(=O)Nc2cc([N+](=O)[O-])ccc2Br)c1. The Morgan fingerprint density at radius 3 is 2.71 bits per heavy atom. The lowest BCUT2D eigenvalue weighted by atomic mass is 10.2. The van der Waals surface area contributed by atoms with Crippen molar-refractivity contribution in [2.45, 2.75) is 0 Å². The van der Waals surface area contributed by atoms with Gasteiger partial charge in [-0.25, -0.2) is 0 Å². The van der Waals surface area contributed by atoms with E-state index >= 15 is 0 Å². The van der Waals surface area contributed by atoms with E-state index in [1.54, 1.807) is 24.3 Å². The maximum absolute atomic E-state index is 12.2. The van der Waals surface area contributed by atoms with Crippen LogP contribution in [0.25, 0.3) is 0 Å². The minimum Gasteiger partial charge on any atom is -0.497 e. The lowest BCUT2D eigenvalue weighted by Crippen LogP contribution is -2.12. The topological polar surface area (TPSA) is 81.5 Å². The second kappa shape index (κ2) is 6.36. The molecule has 0 saturated carbocycles. The highest BCUT2D eigenvalue weighted by Crippen LogP contribution is 2.27. The van der Waals surface area contributed by atoms with E-state index < -0.39 is 4.92 Å². The van der Waals surface area contributed by atoms with Crippen LogP contribution in [0.2, 0.25) is 0 Å². The summed E-state index contributed by atoms with van der Waals surface area (Å²) in [5.74, 6) is 0.177. The Morgan fingerprint density at radius 2 is 2.05 bits per heavy atom. The van der Waals surface area contributed by atoms with Crippen molar-refractivity contribution in [1.29, 1.82) is 0 Å². The van der Waals surface area contributed by atoms with Gasteiger partial charge in [-0.15, -0.1) is 0 Å². The monoisotopic (exact) mass is 350 g/mol. The molecular formula is C14H11BrN2O4. The van der Waals surface area contributed by atoms with Crippen LogP contribution in [-0.4, -0.2) is 17.9 Å². The summed E-state index contributed by atoms with van der Waals surface area (Å²) in [7, 11) is 1.51. The molecule has 0 heterocycles. The molecule has 0 unspecified atom stereocenters. The fourth-order valence-corrected chi connectivity index (χ4v) is 2.03. The summed E-state index contributed by atoms with van der Waals surface area (Å²) in [6.07, 6.45) is 0. The third kappa shape index (κ3) is 3.57. The maximum atomic E-state index is 12.2. The number of nitro benzene ring substituents is 1. The third-order valence-corrected chi connectivity index (χ3v) is 3.43. The smallest absolute Gasteiger partial charge is 0.271 e. The van der Waals surface area contributed by atoms with E-state index in [-0.39, 0.29) is 11.6 Å². The summed E-state index contributed by atoms with van der Waals surface area (Å²) in [6.45, 7) is 0. The van der Waals surface area contributed by atoms with E-state index in [4.69, 9.17) is 4.74 Å². The van der Waals surface area contributed by atoms with E-state index in [0.29, 0.717) is 21.5 Å². The number of amides is 1. The molecular weight excluding hydrogens is 340 g/mol. The first-order chi connectivity index (χ1) is 10.0. The summed E-state index contributed by atoms with van der Waals surface area (Å²) >= 11 is 3.25. The van der Waals surface area contributed by atoms with Gasteiger partial charge in [0.05, 0.1) is 17.7 Å². The Balaban J connectivity index is 2.26. The first-order valence-corrected chi connectivity index (χ1v) is 6.70. The van der Waals surface area contributed by atoms with E-state index in [0.717, 1.165) is 0 Å². The molecule has 0 aliphatic rings. The van der Waals surface area contributed by atoms with Crippen molar-refractivity contribution in [2.24, 2.45) is 0 Å². The van der Waals surface area contributed by atoms with Gasteiger partial charge in [0.25, 0.3) is 11.6 Å². The molecule has 2 aromatic rings. The first kappa shape index (κ1) is 15.0. The molecule has 0 aliphatic heterocycles. The summed E-state index contributed by atoms with van der Waals surface area (Å²) in [5, 5.41) is 13.4. The van der Waals surface area contributed by atoms with Crippen molar-refractivity contribution in [1.82, 2.24) is 0 Å². The number of nitrogens with one attached hydrogen (secondary N) is 1. The number of nitro groups is 1. The van der Waals surface area contributed by atoms with Crippen LogP contribution in [-0.2, 0) is 0 Å². The molecule has 7 heteroatoms. The predicted molar refractivity (Wildman–Crippen MR) is 81.7 cm³/mol. The number of carbonyl (C=O) groups is 1. The van der Waals surface area contributed by atoms with E-state index in [2.05, 4.69) is 21.2 Å². The van der Waals surface area contributed by atoms with Gasteiger partial charge in [0.2, 0.25) is 0 Å². The van der Waals surface area contributed by atoms with Gasteiger partial charge in [0.1, 0.15) is 5.75 Å². The van der Waals surface area contributed by atoms with Crippen molar-refractivity contribution in [3.05, 3.63) is 62.6 Å². The Morgan fingerprint density at radius 1 is 1.29 bits per heavy atom. The van der Waals surface area contributed by atoms with Gasteiger partial charge >= 0.3 is 0 Å². The van der Waals surface area contributed by atoms with Gasteiger partial charge in [-0.3, -0.25) is 14.9 Å². The number of carbonyl (C=O) groups excluding carboxylic acids is 1. The fourth-order valence-electron chi connectivity index (χ4n) is 1.68. The molecule has 0 atom stereocenters. The molecule has 0 saturated heterocycles. The zero-order chi connectivity index (χ0) is 15.4. The largest absolute Gasteiger partial charge is 0.497 e. The normalized spacial score (nSPS) is 10.0.